The van der Waals surface area contributed by atoms with E-state index in [2.05, 4.69) is 20.8 Å². The number of amides is 1. The van der Waals surface area contributed by atoms with E-state index >= 15 is 0 Å². The summed E-state index contributed by atoms with van der Waals surface area (Å²) in [4.78, 5) is 23.7. The first-order valence-electron chi connectivity index (χ1n) is 4.68. The Morgan fingerprint density at radius 1 is 1.46 bits per heavy atom. The van der Waals surface area contributed by atoms with E-state index in [4.69, 9.17) is 0 Å². The van der Waals surface area contributed by atoms with Crippen molar-refractivity contribution in [1.82, 2.24) is 4.90 Å². The third-order valence-electron chi connectivity index (χ3n) is 2.61. The van der Waals surface area contributed by atoms with Crippen LogP contribution in [0.2, 0.25) is 0 Å². The third kappa shape index (κ3) is 2.29. The summed E-state index contributed by atoms with van der Waals surface area (Å²) in [5, 5.41) is 0. The zero-order chi connectivity index (χ0) is 10.1. The third-order valence-corrected chi connectivity index (χ3v) is 2.61. The van der Waals surface area contributed by atoms with Crippen molar-refractivity contribution in [2.75, 3.05) is 6.54 Å². The molecule has 3 heteroatoms. The Labute approximate surface area is 79.1 Å². The molecular weight excluding hydrogens is 166 g/mol. The van der Waals surface area contributed by atoms with Gasteiger partial charge in [0.05, 0.1) is 0 Å². The van der Waals surface area contributed by atoms with E-state index in [1.54, 1.807) is 4.90 Å². The fraction of sp³-hybridized carbons (Fsp3) is 0.800. The van der Waals surface area contributed by atoms with Crippen LogP contribution in [-0.2, 0) is 9.59 Å². The van der Waals surface area contributed by atoms with Crippen molar-refractivity contribution < 1.29 is 9.59 Å². The first-order chi connectivity index (χ1) is 5.95. The van der Waals surface area contributed by atoms with E-state index in [1.807, 2.05) is 0 Å². The van der Waals surface area contributed by atoms with Crippen LogP contribution in [0.1, 0.15) is 33.6 Å². The van der Waals surface area contributed by atoms with E-state index in [0.717, 1.165) is 6.41 Å². The van der Waals surface area contributed by atoms with E-state index in [9.17, 15) is 9.59 Å². The van der Waals surface area contributed by atoms with Crippen LogP contribution >= 0.6 is 0 Å². The second kappa shape index (κ2) is 3.48. The zero-order valence-electron chi connectivity index (χ0n) is 8.54. The summed E-state index contributed by atoms with van der Waals surface area (Å²) >= 11 is 0. The van der Waals surface area contributed by atoms with Crippen molar-refractivity contribution in [3.8, 4) is 0 Å². The number of hydrogen-bond donors (Lipinski definition) is 0. The molecule has 0 N–H and O–H groups in total. The molecule has 0 aromatic carbocycles. The van der Waals surface area contributed by atoms with Gasteiger partial charge in [-0.05, 0) is 5.41 Å². The number of likely N-dealkylation sites (tertiary alicyclic amines) is 1. The summed E-state index contributed by atoms with van der Waals surface area (Å²) in [6.45, 7) is 6.77. The highest BCUT2D eigenvalue weighted by atomic mass is 16.1. The number of carbonyl (C=O) groups is 2. The second-order valence-electron chi connectivity index (χ2n) is 4.72. The van der Waals surface area contributed by atoms with Crippen molar-refractivity contribution in [3.05, 3.63) is 0 Å². The summed E-state index contributed by atoms with van der Waals surface area (Å²) in [7, 11) is 0. The van der Waals surface area contributed by atoms with Gasteiger partial charge in [0.1, 0.15) is 5.78 Å². The Morgan fingerprint density at radius 3 is 2.54 bits per heavy atom. The Bertz CT molecular complexity index is 217. The van der Waals surface area contributed by atoms with Gasteiger partial charge < -0.3 is 4.90 Å². The molecule has 0 aromatic rings. The van der Waals surface area contributed by atoms with Crippen LogP contribution in [0.4, 0.5) is 0 Å². The van der Waals surface area contributed by atoms with Crippen molar-refractivity contribution in [2.24, 2.45) is 5.41 Å². The molecule has 74 valence electrons. The smallest absolute Gasteiger partial charge is 0.209 e. The van der Waals surface area contributed by atoms with Gasteiger partial charge in [-0.15, -0.1) is 0 Å². The summed E-state index contributed by atoms with van der Waals surface area (Å²) < 4.78 is 0. The number of nitrogens with zero attached hydrogens (tertiary/aromatic N) is 1. The van der Waals surface area contributed by atoms with Gasteiger partial charge in [-0.3, -0.25) is 9.59 Å². The van der Waals surface area contributed by atoms with E-state index in [-0.39, 0.29) is 17.2 Å². The molecule has 1 heterocycles. The van der Waals surface area contributed by atoms with Crippen molar-refractivity contribution in [3.63, 3.8) is 0 Å². The van der Waals surface area contributed by atoms with Crippen LogP contribution in [0.25, 0.3) is 0 Å². The lowest BCUT2D eigenvalue weighted by Crippen LogP contribution is -2.48. The molecule has 0 radical (unpaired) electrons. The van der Waals surface area contributed by atoms with Gasteiger partial charge in [-0.25, -0.2) is 0 Å². The average molecular weight is 183 g/mol. The average Bonchev–Trinajstić information content (AvgIpc) is 2.03. The van der Waals surface area contributed by atoms with Gasteiger partial charge in [0.2, 0.25) is 6.41 Å². The lowest BCUT2D eigenvalue weighted by Gasteiger charge is -2.40. The minimum absolute atomic E-state index is 0.00299. The standard InChI is InChI=1S/C10H17NO2/c1-10(2,3)9-6-8(13)4-5-11(9)7-12/h7,9H,4-6H2,1-3H3. The van der Waals surface area contributed by atoms with Gasteiger partial charge in [0.25, 0.3) is 0 Å². The number of carbonyl (C=O) groups excluding carboxylic acids is 2. The van der Waals surface area contributed by atoms with Gasteiger partial charge in [-0.2, -0.15) is 0 Å². The summed E-state index contributed by atoms with van der Waals surface area (Å²) in [6.07, 6.45) is 1.90. The molecule has 0 aliphatic carbocycles. The maximum Gasteiger partial charge on any atom is 0.209 e. The number of rotatable bonds is 1. The predicted octanol–water partition coefficient (Wildman–Crippen LogP) is 1.22. The SMILES string of the molecule is CC(C)(C)C1CC(=O)CCN1C=O. The zero-order valence-corrected chi connectivity index (χ0v) is 8.54. The normalized spacial score (nSPS) is 24.7. The van der Waals surface area contributed by atoms with Gasteiger partial charge in [-0.1, -0.05) is 20.8 Å². The van der Waals surface area contributed by atoms with Crippen LogP contribution in [-0.4, -0.2) is 29.7 Å². The quantitative estimate of drug-likeness (QED) is 0.573. The summed E-state index contributed by atoms with van der Waals surface area (Å²) in [5.74, 6) is 0.276. The van der Waals surface area contributed by atoms with Crippen LogP contribution in [0.3, 0.4) is 0 Å². The highest BCUT2D eigenvalue weighted by molar-refractivity contribution is 5.81. The van der Waals surface area contributed by atoms with Crippen LogP contribution < -0.4 is 0 Å². The van der Waals surface area contributed by atoms with Gasteiger partial charge >= 0.3 is 0 Å². The van der Waals surface area contributed by atoms with Crippen molar-refractivity contribution in [2.45, 2.75) is 39.7 Å². The minimum Gasteiger partial charge on any atom is -0.341 e. The molecule has 0 spiro atoms. The maximum absolute atomic E-state index is 11.2. The van der Waals surface area contributed by atoms with Crippen molar-refractivity contribution in [1.29, 1.82) is 0 Å². The topological polar surface area (TPSA) is 37.4 Å². The molecule has 0 aromatic heterocycles. The monoisotopic (exact) mass is 183 g/mol. The molecule has 13 heavy (non-hydrogen) atoms. The van der Waals surface area contributed by atoms with Crippen LogP contribution in [0.5, 0.6) is 0 Å². The number of piperidine rings is 1. The number of ketones is 1. The molecule has 1 aliphatic heterocycles. The molecular formula is C10H17NO2. The lowest BCUT2D eigenvalue weighted by molar-refractivity contribution is -0.132. The Kier molecular flexibility index (Phi) is 2.74. The molecule has 1 amide bonds. The molecule has 1 saturated heterocycles. The predicted molar refractivity (Wildman–Crippen MR) is 50.3 cm³/mol. The lowest BCUT2D eigenvalue weighted by atomic mass is 9.80. The molecule has 1 fully saturated rings. The first kappa shape index (κ1) is 10.2. The van der Waals surface area contributed by atoms with Crippen LogP contribution in [0.15, 0.2) is 0 Å². The van der Waals surface area contributed by atoms with E-state index < -0.39 is 0 Å². The van der Waals surface area contributed by atoms with Crippen LogP contribution in [0, 0.1) is 5.41 Å². The molecule has 1 unspecified atom stereocenters. The minimum atomic E-state index is -0.00299. The Balaban J connectivity index is 2.76. The molecule has 1 rings (SSSR count). The second-order valence-corrected chi connectivity index (χ2v) is 4.72. The van der Waals surface area contributed by atoms with Gasteiger partial charge in [0, 0.05) is 25.4 Å². The highest BCUT2D eigenvalue weighted by Gasteiger charge is 2.34. The number of Topliss-reactive ketones (excluding diaryl/α,β-unsaturated/α-hetero) is 1. The molecule has 1 atom stereocenters. The molecule has 3 nitrogen and oxygen atoms in total. The van der Waals surface area contributed by atoms with Gasteiger partial charge in [0.15, 0.2) is 0 Å². The summed E-state index contributed by atoms with van der Waals surface area (Å²) in [5.41, 5.74) is -0.00299. The molecule has 0 saturated carbocycles. The van der Waals surface area contributed by atoms with Crippen molar-refractivity contribution >= 4 is 12.2 Å². The molecule has 1 aliphatic rings. The first-order valence-corrected chi connectivity index (χ1v) is 4.68. The number of hydrogen-bond acceptors (Lipinski definition) is 2. The van der Waals surface area contributed by atoms with E-state index in [0.29, 0.717) is 19.4 Å². The summed E-state index contributed by atoms with van der Waals surface area (Å²) in [6, 6.07) is 0.0752. The molecule has 0 bridgehead atoms. The highest BCUT2D eigenvalue weighted by Crippen LogP contribution is 2.29. The van der Waals surface area contributed by atoms with E-state index in [1.165, 1.54) is 0 Å². The largest absolute Gasteiger partial charge is 0.341 e. The fourth-order valence-electron chi connectivity index (χ4n) is 1.77. The fourth-order valence-corrected chi connectivity index (χ4v) is 1.77. The Morgan fingerprint density at radius 2 is 2.08 bits per heavy atom. The Hall–Kier alpha value is -0.860. The maximum atomic E-state index is 11.2.